The Hall–Kier alpha value is -2.83. The van der Waals surface area contributed by atoms with Crippen LogP contribution in [0.5, 0.6) is 17.2 Å². The standard InChI is InChI=1S/C18H22O7/c1-6-14(20)13(18(21)24-7-2)8-12-9-15(22-4)17(25-11(3)19)16(10-12)23-5/h8-10H,6-7H2,1-5H3/b13-8+. The number of carbonyl (C=O) groups excluding carboxylic acids is 3. The maximum atomic E-state index is 12.1. The fraction of sp³-hybridized carbons (Fsp3) is 0.389. The molecule has 1 aromatic carbocycles. The molecule has 1 aromatic rings. The van der Waals surface area contributed by atoms with Gasteiger partial charge in [-0.05, 0) is 30.7 Å². The Morgan fingerprint density at radius 2 is 1.60 bits per heavy atom. The Morgan fingerprint density at radius 1 is 1.04 bits per heavy atom. The Kier molecular flexibility index (Phi) is 7.65. The Labute approximate surface area is 146 Å². The third kappa shape index (κ3) is 5.34. The van der Waals surface area contributed by atoms with Gasteiger partial charge in [-0.1, -0.05) is 6.92 Å². The van der Waals surface area contributed by atoms with E-state index in [4.69, 9.17) is 18.9 Å². The van der Waals surface area contributed by atoms with Gasteiger partial charge in [-0.25, -0.2) is 4.79 Å². The van der Waals surface area contributed by atoms with E-state index in [2.05, 4.69) is 0 Å². The predicted molar refractivity (Wildman–Crippen MR) is 90.8 cm³/mol. The molecule has 25 heavy (non-hydrogen) atoms. The van der Waals surface area contributed by atoms with Gasteiger partial charge in [0.25, 0.3) is 0 Å². The van der Waals surface area contributed by atoms with Gasteiger partial charge in [0, 0.05) is 13.3 Å². The summed E-state index contributed by atoms with van der Waals surface area (Å²) < 4.78 is 20.5. The van der Waals surface area contributed by atoms with Crippen LogP contribution < -0.4 is 14.2 Å². The van der Waals surface area contributed by atoms with Gasteiger partial charge in [-0.15, -0.1) is 0 Å². The molecule has 136 valence electrons. The zero-order valence-electron chi connectivity index (χ0n) is 15.0. The fourth-order valence-electron chi connectivity index (χ4n) is 2.05. The molecule has 7 nitrogen and oxygen atoms in total. The van der Waals surface area contributed by atoms with Crippen molar-refractivity contribution in [3.8, 4) is 17.2 Å². The lowest BCUT2D eigenvalue weighted by Crippen LogP contribution is -2.15. The molecule has 0 fully saturated rings. The smallest absolute Gasteiger partial charge is 0.341 e. The highest BCUT2D eigenvalue weighted by molar-refractivity contribution is 6.20. The SMILES string of the molecule is CCOC(=O)/C(=C/c1cc(OC)c(OC(C)=O)c(OC)c1)C(=O)CC. The number of methoxy groups -OCH3 is 2. The zero-order valence-corrected chi connectivity index (χ0v) is 15.0. The monoisotopic (exact) mass is 350 g/mol. The van der Waals surface area contributed by atoms with Crippen LogP contribution in [0.15, 0.2) is 17.7 Å². The minimum Gasteiger partial charge on any atom is -0.493 e. The highest BCUT2D eigenvalue weighted by Gasteiger charge is 2.20. The summed E-state index contributed by atoms with van der Waals surface area (Å²) in [6.07, 6.45) is 1.55. The molecule has 0 aliphatic carbocycles. The number of Topliss-reactive ketones (excluding diaryl/α,β-unsaturated/α-hetero) is 1. The van der Waals surface area contributed by atoms with Gasteiger partial charge in [-0.2, -0.15) is 0 Å². The molecule has 0 heterocycles. The summed E-state index contributed by atoms with van der Waals surface area (Å²) >= 11 is 0. The lowest BCUT2D eigenvalue weighted by atomic mass is 10.0. The molecule has 7 heteroatoms. The maximum Gasteiger partial charge on any atom is 0.341 e. The maximum absolute atomic E-state index is 12.1. The molecule has 0 saturated carbocycles. The first-order valence-electron chi connectivity index (χ1n) is 7.74. The van der Waals surface area contributed by atoms with Gasteiger partial charge in [0.1, 0.15) is 5.57 Å². The highest BCUT2D eigenvalue weighted by Crippen LogP contribution is 2.39. The number of ether oxygens (including phenoxy) is 4. The van der Waals surface area contributed by atoms with Crippen molar-refractivity contribution < 1.29 is 33.3 Å². The van der Waals surface area contributed by atoms with Crippen LogP contribution in [-0.2, 0) is 19.1 Å². The fourth-order valence-corrected chi connectivity index (χ4v) is 2.05. The second-order valence-corrected chi connectivity index (χ2v) is 4.90. The lowest BCUT2D eigenvalue weighted by molar-refractivity contribution is -0.140. The van der Waals surface area contributed by atoms with E-state index in [1.54, 1.807) is 13.8 Å². The Bertz CT molecular complexity index is 664. The second-order valence-electron chi connectivity index (χ2n) is 4.90. The molecule has 1 rings (SSSR count). The first-order valence-corrected chi connectivity index (χ1v) is 7.74. The first kappa shape index (κ1) is 20.2. The van der Waals surface area contributed by atoms with Gasteiger partial charge >= 0.3 is 11.9 Å². The number of benzene rings is 1. The minimum absolute atomic E-state index is 0.0753. The number of esters is 2. The van der Waals surface area contributed by atoms with Gasteiger partial charge in [-0.3, -0.25) is 9.59 Å². The van der Waals surface area contributed by atoms with Crippen molar-refractivity contribution in [2.75, 3.05) is 20.8 Å². The average molecular weight is 350 g/mol. The summed E-state index contributed by atoms with van der Waals surface area (Å²) in [5, 5.41) is 0. The van der Waals surface area contributed by atoms with Gasteiger partial charge in [0.15, 0.2) is 17.3 Å². The summed E-state index contributed by atoms with van der Waals surface area (Å²) in [4.78, 5) is 35.3. The quantitative estimate of drug-likeness (QED) is 0.234. The van der Waals surface area contributed by atoms with Crippen LogP contribution in [0.2, 0.25) is 0 Å². The largest absolute Gasteiger partial charge is 0.493 e. The third-order valence-corrected chi connectivity index (χ3v) is 3.16. The van der Waals surface area contributed by atoms with Crippen LogP contribution in [0.1, 0.15) is 32.8 Å². The molecular formula is C18H22O7. The third-order valence-electron chi connectivity index (χ3n) is 3.16. The van der Waals surface area contributed by atoms with E-state index in [1.807, 2.05) is 0 Å². The molecule has 0 unspecified atom stereocenters. The topological polar surface area (TPSA) is 88.1 Å². The number of ketones is 1. The zero-order chi connectivity index (χ0) is 19.0. The average Bonchev–Trinajstić information content (AvgIpc) is 2.59. The van der Waals surface area contributed by atoms with Crippen LogP contribution >= 0.6 is 0 Å². The van der Waals surface area contributed by atoms with E-state index in [0.717, 1.165) is 0 Å². The minimum atomic E-state index is -0.698. The Morgan fingerprint density at radius 3 is 2.00 bits per heavy atom. The summed E-state index contributed by atoms with van der Waals surface area (Å²) in [7, 11) is 2.80. The van der Waals surface area contributed by atoms with E-state index in [9.17, 15) is 14.4 Å². The second kappa shape index (κ2) is 9.46. The molecule has 0 aliphatic rings. The lowest BCUT2D eigenvalue weighted by Gasteiger charge is -2.14. The molecule has 0 atom stereocenters. The molecule has 0 saturated heterocycles. The summed E-state index contributed by atoms with van der Waals surface area (Å²) in [5.74, 6) is -1.000. The van der Waals surface area contributed by atoms with E-state index in [0.29, 0.717) is 5.56 Å². The molecular weight excluding hydrogens is 328 g/mol. The molecule has 0 aromatic heterocycles. The van der Waals surface area contributed by atoms with E-state index >= 15 is 0 Å². The Balaban J connectivity index is 3.46. The van der Waals surface area contributed by atoms with Gasteiger partial charge < -0.3 is 18.9 Å². The van der Waals surface area contributed by atoms with Crippen LogP contribution in [-0.4, -0.2) is 38.5 Å². The van der Waals surface area contributed by atoms with Crippen molar-refractivity contribution in [3.63, 3.8) is 0 Å². The highest BCUT2D eigenvalue weighted by atomic mass is 16.6. The number of hydrogen-bond acceptors (Lipinski definition) is 7. The van der Waals surface area contributed by atoms with E-state index in [-0.39, 0.29) is 41.6 Å². The van der Waals surface area contributed by atoms with Crippen molar-refractivity contribution in [1.82, 2.24) is 0 Å². The van der Waals surface area contributed by atoms with Gasteiger partial charge in [0.05, 0.1) is 20.8 Å². The number of rotatable bonds is 8. The van der Waals surface area contributed by atoms with Crippen LogP contribution in [0.25, 0.3) is 6.08 Å². The van der Waals surface area contributed by atoms with E-state index < -0.39 is 11.9 Å². The van der Waals surface area contributed by atoms with Crippen LogP contribution in [0.3, 0.4) is 0 Å². The first-order chi connectivity index (χ1) is 11.9. The van der Waals surface area contributed by atoms with Crippen molar-refractivity contribution in [2.24, 2.45) is 0 Å². The summed E-state index contributed by atoms with van der Waals surface area (Å²) in [6.45, 7) is 4.73. The van der Waals surface area contributed by atoms with Crippen LogP contribution in [0, 0.1) is 0 Å². The molecule has 0 radical (unpaired) electrons. The molecule has 0 aliphatic heterocycles. The predicted octanol–water partition coefficient (Wildman–Crippen LogP) is 2.55. The molecule has 0 N–H and O–H groups in total. The van der Waals surface area contributed by atoms with Gasteiger partial charge in [0.2, 0.25) is 5.75 Å². The summed E-state index contributed by atoms with van der Waals surface area (Å²) in [6, 6.07) is 3.06. The number of hydrogen-bond donors (Lipinski definition) is 0. The number of carbonyl (C=O) groups is 3. The van der Waals surface area contributed by atoms with Crippen LogP contribution in [0.4, 0.5) is 0 Å². The summed E-state index contributed by atoms with van der Waals surface area (Å²) in [5.41, 5.74) is 0.392. The molecule has 0 bridgehead atoms. The van der Waals surface area contributed by atoms with Crippen molar-refractivity contribution in [2.45, 2.75) is 27.2 Å². The van der Waals surface area contributed by atoms with Crippen molar-refractivity contribution in [3.05, 3.63) is 23.3 Å². The van der Waals surface area contributed by atoms with Crippen molar-refractivity contribution >= 4 is 23.8 Å². The molecule has 0 spiro atoms. The normalized spacial score (nSPS) is 10.8. The van der Waals surface area contributed by atoms with E-state index in [1.165, 1.54) is 39.4 Å². The van der Waals surface area contributed by atoms with Crippen molar-refractivity contribution in [1.29, 1.82) is 0 Å². The molecule has 0 amide bonds.